The lowest BCUT2D eigenvalue weighted by atomic mass is 10.0. The molecule has 7 heteroatoms. The average Bonchev–Trinajstić information content (AvgIpc) is 3.29. The van der Waals surface area contributed by atoms with Crippen molar-refractivity contribution in [3.63, 3.8) is 0 Å². The van der Waals surface area contributed by atoms with E-state index in [9.17, 15) is 9.59 Å². The van der Waals surface area contributed by atoms with Crippen molar-refractivity contribution >= 4 is 5.91 Å². The highest BCUT2D eigenvalue weighted by Gasteiger charge is 2.24. The molecule has 7 nitrogen and oxygen atoms in total. The zero-order valence-electron chi connectivity index (χ0n) is 17.4. The predicted octanol–water partition coefficient (Wildman–Crippen LogP) is 2.23. The van der Waals surface area contributed by atoms with Gasteiger partial charge in [-0.15, -0.1) is 0 Å². The van der Waals surface area contributed by atoms with E-state index in [0.717, 1.165) is 68.6 Å². The summed E-state index contributed by atoms with van der Waals surface area (Å²) in [6, 6.07) is 3.83. The quantitative estimate of drug-likeness (QED) is 0.807. The van der Waals surface area contributed by atoms with Gasteiger partial charge >= 0.3 is 0 Å². The van der Waals surface area contributed by atoms with Crippen LogP contribution in [-0.2, 0) is 19.4 Å². The Morgan fingerprint density at radius 3 is 2.86 bits per heavy atom. The van der Waals surface area contributed by atoms with Crippen LogP contribution >= 0.6 is 0 Å². The second-order valence-corrected chi connectivity index (χ2v) is 8.25. The van der Waals surface area contributed by atoms with Gasteiger partial charge in [0.15, 0.2) is 0 Å². The van der Waals surface area contributed by atoms with Crippen LogP contribution in [0.1, 0.15) is 58.8 Å². The fourth-order valence-electron chi connectivity index (χ4n) is 4.57. The molecule has 2 aromatic heterocycles. The van der Waals surface area contributed by atoms with E-state index in [1.807, 2.05) is 13.8 Å². The molecule has 4 rings (SSSR count). The van der Waals surface area contributed by atoms with Gasteiger partial charge in [-0.05, 0) is 64.1 Å². The van der Waals surface area contributed by atoms with Gasteiger partial charge < -0.3 is 9.73 Å². The summed E-state index contributed by atoms with van der Waals surface area (Å²) in [6.45, 7) is 6.63. The van der Waals surface area contributed by atoms with Gasteiger partial charge in [0.05, 0.1) is 17.8 Å². The molecular formula is C22H30N4O3. The standard InChI is InChI=1S/C22H30N4O3/c1-15-12-19(16(2)29-15)22(28)23-14-18-7-3-4-9-25(18)10-11-26-21(27)13-17-6-5-8-20(17)24-26/h12-13,18H,3-11,14H2,1-2H3,(H,23,28). The van der Waals surface area contributed by atoms with Crippen molar-refractivity contribution in [1.29, 1.82) is 0 Å². The molecule has 0 spiro atoms. The number of hydrogen-bond acceptors (Lipinski definition) is 5. The van der Waals surface area contributed by atoms with E-state index in [1.54, 1.807) is 16.8 Å². The van der Waals surface area contributed by atoms with E-state index < -0.39 is 0 Å². The first-order valence-corrected chi connectivity index (χ1v) is 10.7. The van der Waals surface area contributed by atoms with Crippen LogP contribution in [0, 0.1) is 13.8 Å². The van der Waals surface area contributed by atoms with Gasteiger partial charge in [-0.25, -0.2) is 4.68 Å². The number of nitrogens with one attached hydrogen (secondary N) is 1. The van der Waals surface area contributed by atoms with Gasteiger partial charge in [0.1, 0.15) is 11.5 Å². The molecule has 3 heterocycles. The van der Waals surface area contributed by atoms with Gasteiger partial charge in [0, 0.05) is 25.2 Å². The number of carbonyl (C=O) groups is 1. The van der Waals surface area contributed by atoms with Crippen molar-refractivity contribution in [3.05, 3.63) is 50.8 Å². The summed E-state index contributed by atoms with van der Waals surface area (Å²) in [6.07, 6.45) is 6.41. The number of furan rings is 1. The van der Waals surface area contributed by atoms with Crippen LogP contribution in [0.3, 0.4) is 0 Å². The number of rotatable bonds is 6. The van der Waals surface area contributed by atoms with Gasteiger partial charge in [-0.2, -0.15) is 5.10 Å². The molecule has 1 aliphatic carbocycles. The van der Waals surface area contributed by atoms with Crippen molar-refractivity contribution < 1.29 is 9.21 Å². The predicted molar refractivity (Wildman–Crippen MR) is 110 cm³/mol. The SMILES string of the molecule is Cc1cc(C(=O)NCC2CCCCN2CCn2nc3c(cc2=O)CCC3)c(C)o1. The van der Waals surface area contributed by atoms with Gasteiger partial charge in [0.25, 0.3) is 11.5 Å². The molecule has 0 aromatic carbocycles. The number of aromatic nitrogens is 2. The zero-order chi connectivity index (χ0) is 20.4. The third-order valence-corrected chi connectivity index (χ3v) is 6.16. The van der Waals surface area contributed by atoms with Crippen molar-refractivity contribution in [2.24, 2.45) is 0 Å². The van der Waals surface area contributed by atoms with E-state index in [4.69, 9.17) is 4.42 Å². The van der Waals surface area contributed by atoms with Crippen molar-refractivity contribution in [1.82, 2.24) is 20.0 Å². The van der Waals surface area contributed by atoms with Crippen molar-refractivity contribution in [2.75, 3.05) is 19.6 Å². The molecular weight excluding hydrogens is 368 g/mol. The van der Waals surface area contributed by atoms with Crippen LogP contribution in [0.5, 0.6) is 0 Å². The molecule has 1 aliphatic heterocycles. The largest absolute Gasteiger partial charge is 0.466 e. The molecule has 29 heavy (non-hydrogen) atoms. The highest BCUT2D eigenvalue weighted by atomic mass is 16.3. The molecule has 1 unspecified atom stereocenters. The lowest BCUT2D eigenvalue weighted by Crippen LogP contribution is -2.48. The summed E-state index contributed by atoms with van der Waals surface area (Å²) in [5.74, 6) is 1.32. The third kappa shape index (κ3) is 4.45. The second-order valence-electron chi connectivity index (χ2n) is 8.25. The maximum Gasteiger partial charge on any atom is 0.267 e. The summed E-state index contributed by atoms with van der Waals surface area (Å²) >= 11 is 0. The van der Waals surface area contributed by atoms with E-state index in [1.165, 1.54) is 0 Å². The van der Waals surface area contributed by atoms with Crippen LogP contribution in [0.2, 0.25) is 0 Å². The Morgan fingerprint density at radius 1 is 1.21 bits per heavy atom. The topological polar surface area (TPSA) is 80.4 Å². The Balaban J connectivity index is 1.36. The minimum Gasteiger partial charge on any atom is -0.466 e. The molecule has 1 N–H and O–H groups in total. The number of fused-ring (bicyclic) bond motifs is 1. The van der Waals surface area contributed by atoms with E-state index >= 15 is 0 Å². The van der Waals surface area contributed by atoms with E-state index in [2.05, 4.69) is 15.3 Å². The average molecular weight is 399 g/mol. The van der Waals surface area contributed by atoms with Crippen LogP contribution < -0.4 is 10.9 Å². The number of aryl methyl sites for hydroxylation is 4. The number of likely N-dealkylation sites (tertiary alicyclic amines) is 1. The van der Waals surface area contributed by atoms with E-state index in [0.29, 0.717) is 24.4 Å². The molecule has 1 fully saturated rings. The second kappa shape index (κ2) is 8.53. The lowest BCUT2D eigenvalue weighted by molar-refractivity contribution is 0.0907. The lowest BCUT2D eigenvalue weighted by Gasteiger charge is -2.35. The Morgan fingerprint density at radius 2 is 2.07 bits per heavy atom. The first-order valence-electron chi connectivity index (χ1n) is 10.7. The summed E-state index contributed by atoms with van der Waals surface area (Å²) in [5.41, 5.74) is 2.81. The number of piperidine rings is 1. The first-order chi connectivity index (χ1) is 14.0. The molecule has 156 valence electrons. The number of nitrogens with zero attached hydrogens (tertiary/aromatic N) is 3. The molecule has 1 amide bonds. The fourth-order valence-corrected chi connectivity index (χ4v) is 4.57. The van der Waals surface area contributed by atoms with Gasteiger partial charge in [-0.3, -0.25) is 14.5 Å². The van der Waals surface area contributed by atoms with Crippen molar-refractivity contribution in [3.8, 4) is 0 Å². The van der Waals surface area contributed by atoms with Crippen molar-refractivity contribution in [2.45, 2.75) is 65.0 Å². The van der Waals surface area contributed by atoms with Crippen LogP contribution in [0.25, 0.3) is 0 Å². The molecule has 0 saturated carbocycles. The zero-order valence-corrected chi connectivity index (χ0v) is 17.4. The number of hydrogen-bond donors (Lipinski definition) is 1. The third-order valence-electron chi connectivity index (χ3n) is 6.16. The van der Waals surface area contributed by atoms with E-state index in [-0.39, 0.29) is 17.5 Å². The Kier molecular flexibility index (Phi) is 5.85. The summed E-state index contributed by atoms with van der Waals surface area (Å²) in [7, 11) is 0. The Bertz CT molecular complexity index is 946. The maximum absolute atomic E-state index is 12.5. The highest BCUT2D eigenvalue weighted by Crippen LogP contribution is 2.19. The highest BCUT2D eigenvalue weighted by molar-refractivity contribution is 5.95. The van der Waals surface area contributed by atoms with Crippen LogP contribution in [0.15, 0.2) is 21.3 Å². The summed E-state index contributed by atoms with van der Waals surface area (Å²) in [4.78, 5) is 27.3. The molecule has 2 aromatic rings. The summed E-state index contributed by atoms with van der Waals surface area (Å²) < 4.78 is 7.09. The Hall–Kier alpha value is -2.41. The monoisotopic (exact) mass is 398 g/mol. The Labute approximate surface area is 171 Å². The molecule has 1 atom stereocenters. The number of carbonyl (C=O) groups excluding carboxylic acids is 1. The molecule has 0 radical (unpaired) electrons. The maximum atomic E-state index is 12.5. The van der Waals surface area contributed by atoms with Gasteiger partial charge in [0.2, 0.25) is 0 Å². The molecule has 0 bridgehead atoms. The number of amides is 1. The summed E-state index contributed by atoms with van der Waals surface area (Å²) in [5, 5.41) is 7.66. The minimum absolute atomic E-state index is 0.00156. The first kappa shape index (κ1) is 19.9. The molecule has 2 aliphatic rings. The van der Waals surface area contributed by atoms with Crippen LogP contribution in [-0.4, -0.2) is 46.3 Å². The normalized spacial score (nSPS) is 19.3. The van der Waals surface area contributed by atoms with Crippen LogP contribution in [0.4, 0.5) is 0 Å². The van der Waals surface area contributed by atoms with Gasteiger partial charge in [-0.1, -0.05) is 6.42 Å². The molecule has 1 saturated heterocycles. The smallest absolute Gasteiger partial charge is 0.267 e. The minimum atomic E-state index is -0.0821. The fraction of sp³-hybridized carbons (Fsp3) is 0.591.